The van der Waals surface area contributed by atoms with Crippen molar-refractivity contribution in [3.8, 4) is 11.8 Å². The fraction of sp³-hybridized carbons (Fsp3) is 0.438. The number of ether oxygens (including phenoxy) is 2. The van der Waals surface area contributed by atoms with Crippen molar-refractivity contribution in [1.29, 1.82) is 0 Å². The zero-order valence-electron chi connectivity index (χ0n) is 14.0. The molecule has 10 heteroatoms. The SMILES string of the molecule is C=C(C)C(=O)OCC12C=CC(O1)c1c2c(O)n(CCCS(=O)(=O)O)c1O. The molecule has 0 fully saturated rings. The number of hydrogen-bond acceptors (Lipinski definition) is 7. The maximum Gasteiger partial charge on any atom is 0.333 e. The molecule has 0 aliphatic carbocycles. The molecule has 0 saturated heterocycles. The van der Waals surface area contributed by atoms with Crippen molar-refractivity contribution in [1.82, 2.24) is 4.57 Å². The van der Waals surface area contributed by atoms with Gasteiger partial charge in [-0.1, -0.05) is 12.7 Å². The quantitative estimate of drug-likeness (QED) is 0.275. The van der Waals surface area contributed by atoms with Crippen LogP contribution in [0.1, 0.15) is 30.6 Å². The summed E-state index contributed by atoms with van der Waals surface area (Å²) in [6.45, 7) is 4.76. The van der Waals surface area contributed by atoms with Crippen LogP contribution in [-0.4, -0.2) is 46.1 Å². The molecule has 2 unspecified atom stereocenters. The summed E-state index contributed by atoms with van der Waals surface area (Å²) >= 11 is 0. The highest BCUT2D eigenvalue weighted by molar-refractivity contribution is 7.85. The van der Waals surface area contributed by atoms with Crippen LogP contribution >= 0.6 is 0 Å². The van der Waals surface area contributed by atoms with Gasteiger partial charge in [-0.3, -0.25) is 9.12 Å². The van der Waals surface area contributed by atoms with Crippen LogP contribution < -0.4 is 0 Å². The first-order valence-corrected chi connectivity index (χ1v) is 9.46. The van der Waals surface area contributed by atoms with E-state index >= 15 is 0 Å². The summed E-state index contributed by atoms with van der Waals surface area (Å²) in [5.74, 6) is -1.67. The van der Waals surface area contributed by atoms with Crippen LogP contribution in [0.4, 0.5) is 0 Å². The third-order valence-electron chi connectivity index (χ3n) is 4.38. The Labute approximate surface area is 149 Å². The Kier molecular flexibility index (Phi) is 4.37. The lowest BCUT2D eigenvalue weighted by Crippen LogP contribution is -2.29. The van der Waals surface area contributed by atoms with Crippen molar-refractivity contribution >= 4 is 16.1 Å². The van der Waals surface area contributed by atoms with Crippen LogP contribution in [0.3, 0.4) is 0 Å². The van der Waals surface area contributed by atoms with Gasteiger partial charge in [0.1, 0.15) is 12.7 Å². The first kappa shape index (κ1) is 18.5. The molecule has 0 spiro atoms. The van der Waals surface area contributed by atoms with Crippen molar-refractivity contribution in [2.75, 3.05) is 12.4 Å². The van der Waals surface area contributed by atoms with Gasteiger partial charge in [0, 0.05) is 12.1 Å². The van der Waals surface area contributed by atoms with Crippen LogP contribution in [0, 0.1) is 0 Å². The van der Waals surface area contributed by atoms with E-state index in [9.17, 15) is 23.4 Å². The van der Waals surface area contributed by atoms with E-state index in [2.05, 4.69) is 6.58 Å². The lowest BCUT2D eigenvalue weighted by Gasteiger charge is -2.23. The van der Waals surface area contributed by atoms with Gasteiger partial charge in [0.25, 0.3) is 10.1 Å². The Balaban J connectivity index is 1.87. The van der Waals surface area contributed by atoms with E-state index in [4.69, 9.17) is 14.0 Å². The summed E-state index contributed by atoms with van der Waals surface area (Å²) in [7, 11) is -4.14. The molecule has 9 nitrogen and oxygen atoms in total. The van der Waals surface area contributed by atoms with E-state index in [0.717, 1.165) is 4.57 Å². The van der Waals surface area contributed by atoms with Gasteiger partial charge in [-0.15, -0.1) is 0 Å². The molecule has 3 rings (SSSR count). The number of nitrogens with zero attached hydrogens (tertiary/aromatic N) is 1. The minimum atomic E-state index is -4.14. The summed E-state index contributed by atoms with van der Waals surface area (Å²) in [6.07, 6.45) is 2.71. The number of aromatic nitrogens is 1. The Morgan fingerprint density at radius 2 is 2.12 bits per heavy atom. The van der Waals surface area contributed by atoms with E-state index < -0.39 is 33.5 Å². The predicted molar refractivity (Wildman–Crippen MR) is 89.2 cm³/mol. The minimum absolute atomic E-state index is 0.00981. The van der Waals surface area contributed by atoms with Crippen LogP contribution in [0.2, 0.25) is 0 Å². The molecule has 2 aliphatic rings. The summed E-state index contributed by atoms with van der Waals surface area (Å²) in [5.41, 5.74) is -0.374. The molecule has 0 radical (unpaired) electrons. The molecule has 3 N–H and O–H groups in total. The first-order valence-electron chi connectivity index (χ1n) is 7.85. The number of esters is 1. The van der Waals surface area contributed by atoms with Gasteiger partial charge in [-0.2, -0.15) is 8.42 Å². The van der Waals surface area contributed by atoms with Crippen molar-refractivity contribution < 1.29 is 37.5 Å². The number of rotatable bonds is 7. The number of hydrogen-bond donors (Lipinski definition) is 3. The lowest BCUT2D eigenvalue weighted by atomic mass is 9.90. The summed E-state index contributed by atoms with van der Waals surface area (Å²) in [4.78, 5) is 11.7. The zero-order chi connectivity index (χ0) is 19.3. The molecule has 1 aromatic rings. The molecule has 142 valence electrons. The number of fused-ring (bicyclic) bond motifs is 5. The molecule has 3 heterocycles. The van der Waals surface area contributed by atoms with Gasteiger partial charge in [0.2, 0.25) is 11.8 Å². The Hall–Kier alpha value is -2.30. The first-order chi connectivity index (χ1) is 12.1. The number of aromatic hydroxyl groups is 2. The Morgan fingerprint density at radius 1 is 1.42 bits per heavy atom. The second-order valence-corrected chi connectivity index (χ2v) is 7.94. The van der Waals surface area contributed by atoms with Crippen molar-refractivity contribution in [2.24, 2.45) is 0 Å². The van der Waals surface area contributed by atoms with Gasteiger partial charge < -0.3 is 19.7 Å². The Bertz CT molecular complexity index is 913. The fourth-order valence-corrected chi connectivity index (χ4v) is 3.71. The smallest absolute Gasteiger partial charge is 0.333 e. The van der Waals surface area contributed by atoms with Crippen molar-refractivity contribution in [2.45, 2.75) is 31.6 Å². The van der Waals surface area contributed by atoms with Crippen LogP contribution in [0.5, 0.6) is 11.8 Å². The molecule has 0 aromatic carbocycles. The van der Waals surface area contributed by atoms with Gasteiger partial charge in [0.05, 0.1) is 16.9 Å². The molecule has 1 aromatic heterocycles. The van der Waals surface area contributed by atoms with Gasteiger partial charge in [-0.05, 0) is 19.4 Å². The number of carbonyl (C=O) groups is 1. The third-order valence-corrected chi connectivity index (χ3v) is 5.19. The topological polar surface area (TPSA) is 135 Å². The molecule has 0 amide bonds. The monoisotopic (exact) mass is 385 g/mol. The fourth-order valence-electron chi connectivity index (χ4n) is 3.21. The average Bonchev–Trinajstić information content (AvgIpc) is 3.17. The molecule has 2 bridgehead atoms. The van der Waals surface area contributed by atoms with Gasteiger partial charge >= 0.3 is 5.97 Å². The molecule has 2 aliphatic heterocycles. The second-order valence-electron chi connectivity index (χ2n) is 6.37. The van der Waals surface area contributed by atoms with E-state index in [-0.39, 0.29) is 42.5 Å². The van der Waals surface area contributed by atoms with Crippen molar-refractivity contribution in [3.05, 3.63) is 35.4 Å². The Morgan fingerprint density at radius 3 is 2.73 bits per heavy atom. The maximum absolute atomic E-state index is 11.7. The van der Waals surface area contributed by atoms with Crippen LogP contribution in [0.25, 0.3) is 0 Å². The molecule has 26 heavy (non-hydrogen) atoms. The van der Waals surface area contributed by atoms with E-state index in [0.29, 0.717) is 5.56 Å². The highest BCUT2D eigenvalue weighted by atomic mass is 32.2. The second kappa shape index (κ2) is 6.15. The van der Waals surface area contributed by atoms with Gasteiger partial charge in [-0.25, -0.2) is 4.79 Å². The van der Waals surface area contributed by atoms with Crippen LogP contribution in [-0.2, 0) is 36.5 Å². The molecular weight excluding hydrogens is 366 g/mol. The molecular formula is C16H19NO8S. The standard InChI is InChI=1S/C16H19NO8S/c1-9(2)15(20)24-8-16-5-4-10(25-16)11-12(16)14(19)17(13(11)18)6-3-7-26(21,22)23/h4-5,10,18-19H,1,3,6-8H2,2H3,(H,21,22,23). The van der Waals surface area contributed by atoms with E-state index in [1.165, 1.54) is 6.92 Å². The zero-order valence-corrected chi connectivity index (χ0v) is 14.8. The summed E-state index contributed by atoms with van der Waals surface area (Å²) in [5, 5.41) is 21.0. The van der Waals surface area contributed by atoms with E-state index in [1.54, 1.807) is 12.2 Å². The maximum atomic E-state index is 11.7. The van der Waals surface area contributed by atoms with E-state index in [1.807, 2.05) is 0 Å². The minimum Gasteiger partial charge on any atom is -0.494 e. The highest BCUT2D eigenvalue weighted by Gasteiger charge is 2.53. The molecule has 0 saturated carbocycles. The predicted octanol–water partition coefficient (Wildman–Crippen LogP) is 1.13. The normalized spacial score (nSPS) is 23.2. The summed E-state index contributed by atoms with van der Waals surface area (Å²) in [6, 6.07) is 0. The molecule has 2 atom stereocenters. The van der Waals surface area contributed by atoms with Crippen LogP contribution in [0.15, 0.2) is 24.3 Å². The third kappa shape index (κ3) is 3.00. The lowest BCUT2D eigenvalue weighted by molar-refractivity contribution is -0.147. The average molecular weight is 385 g/mol. The summed E-state index contributed by atoms with van der Waals surface area (Å²) < 4.78 is 42.6. The number of carbonyl (C=O) groups excluding carboxylic acids is 1. The largest absolute Gasteiger partial charge is 0.494 e. The van der Waals surface area contributed by atoms with Gasteiger partial charge in [0.15, 0.2) is 5.60 Å². The van der Waals surface area contributed by atoms with Crippen molar-refractivity contribution in [3.63, 3.8) is 0 Å². The highest BCUT2D eigenvalue weighted by Crippen LogP contribution is 2.58.